The summed E-state index contributed by atoms with van der Waals surface area (Å²) in [6, 6.07) is 13.5. The second kappa shape index (κ2) is 9.27. The van der Waals surface area contributed by atoms with Gasteiger partial charge in [0.25, 0.3) is 5.91 Å². The van der Waals surface area contributed by atoms with E-state index in [-0.39, 0.29) is 17.4 Å². The molecular weight excluding hydrogens is 402 g/mol. The van der Waals surface area contributed by atoms with E-state index in [9.17, 15) is 10.1 Å². The number of nitrogens with one attached hydrogen (secondary N) is 1. The van der Waals surface area contributed by atoms with Gasteiger partial charge in [0.15, 0.2) is 0 Å². The number of carbonyl (C=O) groups is 1. The van der Waals surface area contributed by atoms with Crippen molar-refractivity contribution in [1.82, 2.24) is 24.9 Å². The number of amides is 1. The standard InChI is InChI=1S/C24H31N7O/c1-16(2)21-14-20(29-31(21)24(3,4)5)23(32)27-13-9-12-19-18(15-25)22(26)30(28-19)17-10-7-6-8-11-17/h6-8,10-11,14,16H,9,12-13,26H2,1-5H3,(H,27,32). The lowest BCUT2D eigenvalue weighted by Gasteiger charge is -2.23. The molecule has 1 aromatic carbocycles. The van der Waals surface area contributed by atoms with Crippen LogP contribution in [0.1, 0.15) is 74.4 Å². The molecule has 0 fully saturated rings. The lowest BCUT2D eigenvalue weighted by Crippen LogP contribution is -2.28. The summed E-state index contributed by atoms with van der Waals surface area (Å²) in [6.45, 7) is 10.8. The first kappa shape index (κ1) is 23.1. The molecule has 8 heteroatoms. The summed E-state index contributed by atoms with van der Waals surface area (Å²) < 4.78 is 3.50. The Morgan fingerprint density at radius 3 is 2.47 bits per heavy atom. The zero-order valence-corrected chi connectivity index (χ0v) is 19.4. The van der Waals surface area contributed by atoms with Crippen molar-refractivity contribution < 1.29 is 4.79 Å². The van der Waals surface area contributed by atoms with Crippen LogP contribution in [0.2, 0.25) is 0 Å². The van der Waals surface area contributed by atoms with Gasteiger partial charge in [0, 0.05) is 12.2 Å². The molecule has 0 unspecified atom stereocenters. The number of aromatic nitrogens is 4. The normalized spacial score (nSPS) is 11.5. The van der Waals surface area contributed by atoms with Crippen LogP contribution in [-0.4, -0.2) is 32.0 Å². The van der Waals surface area contributed by atoms with E-state index in [0.29, 0.717) is 42.2 Å². The molecule has 3 N–H and O–H groups in total. The van der Waals surface area contributed by atoms with E-state index < -0.39 is 0 Å². The van der Waals surface area contributed by atoms with Crippen molar-refractivity contribution in [2.45, 2.75) is 58.9 Å². The molecule has 0 aliphatic carbocycles. The highest BCUT2D eigenvalue weighted by molar-refractivity contribution is 5.92. The summed E-state index contributed by atoms with van der Waals surface area (Å²) >= 11 is 0. The molecule has 3 aromatic rings. The zero-order chi connectivity index (χ0) is 23.5. The van der Waals surface area contributed by atoms with Gasteiger partial charge in [-0.25, -0.2) is 4.68 Å². The fraction of sp³-hybridized carbons (Fsp3) is 0.417. The van der Waals surface area contributed by atoms with Gasteiger partial charge in [-0.2, -0.15) is 15.5 Å². The molecule has 0 saturated heterocycles. The Labute approximate surface area is 189 Å². The van der Waals surface area contributed by atoms with E-state index in [0.717, 1.165) is 11.4 Å². The van der Waals surface area contributed by atoms with Gasteiger partial charge in [0.2, 0.25) is 0 Å². The van der Waals surface area contributed by atoms with Gasteiger partial charge in [-0.05, 0) is 57.7 Å². The van der Waals surface area contributed by atoms with Crippen molar-refractivity contribution in [3.8, 4) is 11.8 Å². The number of hydrogen-bond acceptors (Lipinski definition) is 5. The Hall–Kier alpha value is -3.60. The Balaban J connectivity index is 1.65. The smallest absolute Gasteiger partial charge is 0.271 e. The molecule has 0 atom stereocenters. The topological polar surface area (TPSA) is 115 Å². The molecule has 0 radical (unpaired) electrons. The summed E-state index contributed by atoms with van der Waals surface area (Å²) in [7, 11) is 0. The fourth-order valence-electron chi connectivity index (χ4n) is 3.54. The monoisotopic (exact) mass is 433 g/mol. The van der Waals surface area contributed by atoms with Gasteiger partial charge in [-0.1, -0.05) is 32.0 Å². The molecule has 2 heterocycles. The fourth-order valence-corrected chi connectivity index (χ4v) is 3.54. The van der Waals surface area contributed by atoms with Crippen LogP contribution in [0.5, 0.6) is 0 Å². The van der Waals surface area contributed by atoms with Crippen molar-refractivity contribution in [1.29, 1.82) is 5.26 Å². The minimum atomic E-state index is -0.205. The molecule has 0 bridgehead atoms. The van der Waals surface area contributed by atoms with Crippen molar-refractivity contribution in [3.05, 3.63) is 59.0 Å². The molecule has 0 aliphatic heterocycles. The number of para-hydroxylation sites is 1. The number of rotatable bonds is 7. The predicted molar refractivity (Wildman–Crippen MR) is 125 cm³/mol. The molecule has 0 saturated carbocycles. The number of anilines is 1. The molecule has 32 heavy (non-hydrogen) atoms. The van der Waals surface area contributed by atoms with Gasteiger partial charge in [0.05, 0.1) is 16.9 Å². The summed E-state index contributed by atoms with van der Waals surface area (Å²) in [5.74, 6) is 0.384. The molecule has 168 valence electrons. The number of nitrogens with two attached hydrogens (primary N) is 1. The number of aryl methyl sites for hydroxylation is 1. The van der Waals surface area contributed by atoms with Crippen LogP contribution in [0.4, 0.5) is 5.82 Å². The van der Waals surface area contributed by atoms with Gasteiger partial charge in [-0.3, -0.25) is 9.48 Å². The van der Waals surface area contributed by atoms with Crippen LogP contribution in [0.3, 0.4) is 0 Å². The highest BCUT2D eigenvalue weighted by Gasteiger charge is 2.23. The number of nitriles is 1. The second-order valence-corrected chi connectivity index (χ2v) is 9.12. The second-order valence-electron chi connectivity index (χ2n) is 9.12. The Morgan fingerprint density at radius 1 is 1.22 bits per heavy atom. The average molecular weight is 434 g/mol. The van der Waals surface area contributed by atoms with Crippen molar-refractivity contribution in [2.75, 3.05) is 12.3 Å². The SMILES string of the molecule is CC(C)c1cc(C(=O)NCCCc2nn(-c3ccccc3)c(N)c2C#N)nn1C(C)(C)C. The Morgan fingerprint density at radius 2 is 1.91 bits per heavy atom. The maximum Gasteiger partial charge on any atom is 0.271 e. The maximum atomic E-state index is 12.7. The first-order chi connectivity index (χ1) is 15.1. The quantitative estimate of drug-likeness (QED) is 0.551. The predicted octanol–water partition coefficient (Wildman–Crippen LogP) is 3.76. The third kappa shape index (κ3) is 4.83. The Bertz CT molecular complexity index is 1130. The zero-order valence-electron chi connectivity index (χ0n) is 19.4. The molecule has 0 spiro atoms. The molecule has 2 aromatic heterocycles. The molecule has 3 rings (SSSR count). The number of carbonyl (C=O) groups excluding carboxylic acids is 1. The van der Waals surface area contributed by atoms with Gasteiger partial charge in [0.1, 0.15) is 23.1 Å². The summed E-state index contributed by atoms with van der Waals surface area (Å²) in [4.78, 5) is 12.7. The summed E-state index contributed by atoms with van der Waals surface area (Å²) in [5.41, 5.74) is 9.20. The van der Waals surface area contributed by atoms with Crippen LogP contribution in [0.15, 0.2) is 36.4 Å². The van der Waals surface area contributed by atoms with Crippen LogP contribution in [0.25, 0.3) is 5.69 Å². The van der Waals surface area contributed by atoms with Crippen LogP contribution in [0, 0.1) is 11.3 Å². The van der Waals surface area contributed by atoms with E-state index >= 15 is 0 Å². The van der Waals surface area contributed by atoms with Crippen molar-refractivity contribution >= 4 is 11.7 Å². The minimum Gasteiger partial charge on any atom is -0.382 e. The van der Waals surface area contributed by atoms with E-state index in [1.54, 1.807) is 4.68 Å². The first-order valence-corrected chi connectivity index (χ1v) is 10.8. The number of hydrogen-bond donors (Lipinski definition) is 2. The summed E-state index contributed by atoms with van der Waals surface area (Å²) in [5, 5.41) is 21.5. The van der Waals surface area contributed by atoms with Crippen LogP contribution in [-0.2, 0) is 12.0 Å². The third-order valence-electron chi connectivity index (χ3n) is 5.18. The van der Waals surface area contributed by atoms with E-state index in [1.165, 1.54) is 0 Å². The number of nitrogens with zero attached hydrogens (tertiary/aromatic N) is 5. The van der Waals surface area contributed by atoms with E-state index in [4.69, 9.17) is 5.73 Å². The van der Waals surface area contributed by atoms with Crippen LogP contribution >= 0.6 is 0 Å². The maximum absolute atomic E-state index is 12.7. The van der Waals surface area contributed by atoms with Crippen LogP contribution < -0.4 is 11.1 Å². The average Bonchev–Trinajstić information content (AvgIpc) is 3.33. The Kier molecular flexibility index (Phi) is 6.68. The van der Waals surface area contributed by atoms with Crippen molar-refractivity contribution in [2.24, 2.45) is 0 Å². The lowest BCUT2D eigenvalue weighted by molar-refractivity contribution is 0.0946. The summed E-state index contributed by atoms with van der Waals surface area (Å²) in [6.07, 6.45) is 1.16. The van der Waals surface area contributed by atoms with Gasteiger partial charge >= 0.3 is 0 Å². The third-order valence-corrected chi connectivity index (χ3v) is 5.18. The molecular formula is C24H31N7O. The highest BCUT2D eigenvalue weighted by atomic mass is 16.1. The van der Waals surface area contributed by atoms with Gasteiger partial charge < -0.3 is 11.1 Å². The minimum absolute atomic E-state index is 0.204. The van der Waals surface area contributed by atoms with Gasteiger partial charge in [-0.15, -0.1) is 0 Å². The van der Waals surface area contributed by atoms with Crippen molar-refractivity contribution in [3.63, 3.8) is 0 Å². The molecule has 8 nitrogen and oxygen atoms in total. The molecule has 1 amide bonds. The highest BCUT2D eigenvalue weighted by Crippen LogP contribution is 2.24. The number of nitrogen functional groups attached to an aromatic ring is 1. The molecule has 0 aliphatic rings. The first-order valence-electron chi connectivity index (χ1n) is 10.8. The van der Waals surface area contributed by atoms with E-state index in [2.05, 4.69) is 56.2 Å². The largest absolute Gasteiger partial charge is 0.382 e. The number of benzene rings is 1. The lowest BCUT2D eigenvalue weighted by atomic mass is 10.1. The van der Waals surface area contributed by atoms with E-state index in [1.807, 2.05) is 41.1 Å².